The van der Waals surface area contributed by atoms with Gasteiger partial charge in [-0.15, -0.1) is 0 Å². The van der Waals surface area contributed by atoms with Gasteiger partial charge >= 0.3 is 0 Å². The van der Waals surface area contributed by atoms with Crippen LogP contribution >= 0.6 is 0 Å². The van der Waals surface area contributed by atoms with E-state index >= 15 is 0 Å². The zero-order valence-electron chi connectivity index (χ0n) is 7.49. The van der Waals surface area contributed by atoms with Gasteiger partial charge in [0, 0.05) is 22.1 Å². The highest BCUT2D eigenvalue weighted by molar-refractivity contribution is 5.33. The van der Waals surface area contributed by atoms with E-state index in [1.54, 1.807) is 0 Å². The average Bonchev–Trinajstić information content (AvgIpc) is 2.09. The fraction of sp³-hybridized carbons (Fsp3) is 0.500. The molecular weight excluding hydrogens is 246 g/mol. The van der Waals surface area contributed by atoms with Crippen LogP contribution in [0.15, 0.2) is 0 Å². The van der Waals surface area contributed by atoms with Crippen molar-refractivity contribution in [2.45, 2.75) is 22.3 Å². The number of hydrogen-bond acceptors (Lipinski definition) is 11. The molecule has 0 unspecified atom stereocenters. The molecule has 112 valence electrons. The molecule has 0 atom stereocenters. The quantitative estimate of drug-likeness (QED) is 0.463. The second kappa shape index (κ2) is 29.3. The lowest BCUT2D eigenvalue weighted by molar-refractivity contribution is 0.824. The summed E-state index contributed by atoms with van der Waals surface area (Å²) in [5.74, 6) is 0.125. The van der Waals surface area contributed by atoms with Gasteiger partial charge in [-0.2, -0.15) is 15.0 Å². The molecule has 0 aromatic carbocycles. The van der Waals surface area contributed by atoms with Crippen molar-refractivity contribution in [3.8, 4) is 0 Å². The van der Waals surface area contributed by atoms with E-state index in [9.17, 15) is 0 Å². The predicted octanol–water partition coefficient (Wildman–Crippen LogP) is 0.207. The molecule has 0 saturated heterocycles. The van der Waals surface area contributed by atoms with E-state index in [2.05, 4.69) is 15.0 Å². The van der Waals surface area contributed by atoms with Crippen LogP contribution in [0.1, 0.15) is 23.7 Å². The topological polar surface area (TPSA) is 265 Å². The molecule has 18 heavy (non-hydrogen) atoms. The fourth-order valence-electron chi connectivity index (χ4n) is 0.427. The van der Waals surface area contributed by atoms with Crippen molar-refractivity contribution in [1.29, 1.82) is 10.8 Å². The van der Waals surface area contributed by atoms with Crippen LogP contribution in [-0.2, 0) is 0 Å². The molecule has 12 heteroatoms. The Bertz CT molecular complexity index is 237. The van der Waals surface area contributed by atoms with Gasteiger partial charge in [0.05, 0.1) is 0 Å². The van der Waals surface area contributed by atoms with Crippen LogP contribution < -0.4 is 23.4 Å². The van der Waals surface area contributed by atoms with Gasteiger partial charge in [-0.25, -0.2) is 0 Å². The molecule has 0 saturated carbocycles. The Morgan fingerprint density at radius 1 is 0.778 bits per heavy atom. The molecule has 0 aliphatic rings. The second-order valence-corrected chi connectivity index (χ2v) is 1.41. The first-order valence-corrected chi connectivity index (χ1v) is 2.57. The fourth-order valence-corrected chi connectivity index (χ4v) is 0.427. The van der Waals surface area contributed by atoms with Crippen LogP contribution in [0.4, 0.5) is 17.8 Å². The largest absolute Gasteiger partial charge is 0.412 e. The number of nitrogen functional groups attached to an aromatic ring is 3. The van der Waals surface area contributed by atoms with Crippen molar-refractivity contribution in [2.75, 3.05) is 17.2 Å². The molecule has 0 radical (unpaired) electrons. The Hall–Kier alpha value is -2.65. The molecule has 1 heterocycles. The summed E-state index contributed by atoms with van der Waals surface area (Å²) in [5.41, 5.74) is 15.4. The molecule has 1 aromatic heterocycles. The van der Waals surface area contributed by atoms with Crippen LogP contribution in [0.25, 0.3) is 0 Å². The molecular formula is C6H25N9O3. The minimum Gasteiger partial charge on any atom is -0.412 e. The minimum atomic E-state index is 0. The van der Waals surface area contributed by atoms with Crippen molar-refractivity contribution in [3.63, 3.8) is 0 Å². The zero-order chi connectivity index (χ0) is 10.9. The number of nitrogens with zero attached hydrogens (tertiary/aromatic N) is 5. The Morgan fingerprint density at radius 3 is 1.00 bits per heavy atom. The van der Waals surface area contributed by atoms with Gasteiger partial charge in [0.1, 0.15) is 0 Å². The molecule has 0 amide bonds. The van der Waals surface area contributed by atoms with E-state index in [0.717, 1.165) is 0 Å². The highest BCUT2D eigenvalue weighted by Crippen LogP contribution is 1.97. The van der Waals surface area contributed by atoms with E-state index in [0.29, 0.717) is 0 Å². The first kappa shape index (κ1) is 45.3. The standard InChI is InChI=1S/C3H6N6.3CH4.N2.H3N.O2.H2O.H2/c4-1-7-2(5)9-3(6)8-1;;;;1-2;;1-2;;/h(H6,4,5,6,7,8,9);3*1H4;;1H3;;1H2;1H/i;;;;;;;;1+1. The lowest BCUT2D eigenvalue weighted by Crippen LogP contribution is -2.05. The maximum Gasteiger partial charge on any atom is 0.226 e. The third kappa shape index (κ3) is 23.3. The second-order valence-electron chi connectivity index (χ2n) is 1.41. The predicted molar refractivity (Wildman–Crippen MR) is 74.2 cm³/mol. The summed E-state index contributed by atoms with van der Waals surface area (Å²) in [4.78, 5) is 24.5. The summed E-state index contributed by atoms with van der Waals surface area (Å²) < 4.78 is 0. The van der Waals surface area contributed by atoms with E-state index in [-0.39, 0.29) is 53.2 Å². The van der Waals surface area contributed by atoms with Gasteiger partial charge in [-0.1, -0.05) is 22.3 Å². The monoisotopic (exact) mass is 272 g/mol. The van der Waals surface area contributed by atoms with Crippen LogP contribution in [0, 0.1) is 20.7 Å². The Labute approximate surface area is 107 Å². The molecule has 0 aliphatic carbocycles. The minimum absolute atomic E-state index is 0. The summed E-state index contributed by atoms with van der Waals surface area (Å²) >= 11 is 0. The summed E-state index contributed by atoms with van der Waals surface area (Å²) in [6, 6.07) is 0. The van der Waals surface area contributed by atoms with Crippen molar-refractivity contribution in [3.05, 3.63) is 9.93 Å². The third-order valence-corrected chi connectivity index (χ3v) is 0.687. The van der Waals surface area contributed by atoms with Gasteiger partial charge in [-0.05, 0) is 0 Å². The molecule has 0 bridgehead atoms. The molecule has 11 N–H and O–H groups in total. The molecule has 1 rings (SSSR count). The van der Waals surface area contributed by atoms with Crippen LogP contribution in [0.3, 0.4) is 0 Å². The molecule has 0 spiro atoms. The van der Waals surface area contributed by atoms with Gasteiger partial charge in [-0.3, -0.25) is 0 Å². The van der Waals surface area contributed by atoms with Crippen LogP contribution in [0.2, 0.25) is 0 Å². The van der Waals surface area contributed by atoms with Crippen molar-refractivity contribution in [2.24, 2.45) is 0 Å². The maximum atomic E-state index is 7.00. The SMILES string of the molecule is C.C.C.N.N#N.Nc1nc(N)nc(N)n1.O.O=O.[2HH]. The Kier molecular flexibility index (Phi) is 73.7. The average molecular weight is 272 g/mol. The van der Waals surface area contributed by atoms with Gasteiger partial charge in [0.15, 0.2) is 0 Å². The first-order chi connectivity index (χ1) is 6.18. The van der Waals surface area contributed by atoms with Crippen LogP contribution in [0.5, 0.6) is 0 Å². The third-order valence-electron chi connectivity index (χ3n) is 0.687. The lowest BCUT2D eigenvalue weighted by Gasteiger charge is -1.93. The summed E-state index contributed by atoms with van der Waals surface area (Å²) in [5, 5.41) is 12.0. The summed E-state index contributed by atoms with van der Waals surface area (Å²) in [7, 11) is 0. The smallest absolute Gasteiger partial charge is 0.226 e. The molecule has 1 aromatic rings. The van der Waals surface area contributed by atoms with Gasteiger partial charge < -0.3 is 28.8 Å². The highest BCUT2D eigenvalue weighted by atomic mass is 16.7. The summed E-state index contributed by atoms with van der Waals surface area (Å²) in [6.45, 7) is 0. The van der Waals surface area contributed by atoms with E-state index < -0.39 is 0 Å². The number of anilines is 3. The number of hydrogen-bond donors (Lipinski definition) is 4. The van der Waals surface area contributed by atoms with Gasteiger partial charge in [0.2, 0.25) is 17.8 Å². The highest BCUT2D eigenvalue weighted by Gasteiger charge is 1.93. The number of rotatable bonds is 0. The van der Waals surface area contributed by atoms with Crippen molar-refractivity contribution < 1.29 is 6.90 Å². The normalized spacial score (nSPS) is 5.00. The maximum absolute atomic E-state index is 7.00. The number of nitrogens with two attached hydrogens (primary N) is 3. The van der Waals surface area contributed by atoms with E-state index in [4.69, 9.17) is 37.9 Å². The van der Waals surface area contributed by atoms with E-state index in [1.807, 2.05) is 0 Å². The molecule has 0 fully saturated rings. The summed E-state index contributed by atoms with van der Waals surface area (Å²) in [6.07, 6.45) is 0. The Morgan fingerprint density at radius 2 is 0.889 bits per heavy atom. The van der Waals surface area contributed by atoms with Crippen LogP contribution in [-0.4, -0.2) is 20.4 Å². The van der Waals surface area contributed by atoms with Gasteiger partial charge in [0.25, 0.3) is 0 Å². The van der Waals surface area contributed by atoms with E-state index in [1.165, 1.54) is 0 Å². The first-order valence-electron chi connectivity index (χ1n) is 2.57. The lowest BCUT2D eigenvalue weighted by atomic mass is 10.9. The number of aromatic nitrogens is 3. The van der Waals surface area contributed by atoms with Crippen molar-refractivity contribution >= 4 is 17.8 Å². The van der Waals surface area contributed by atoms with Crippen molar-refractivity contribution in [1.82, 2.24) is 21.1 Å². The molecule has 0 aliphatic heterocycles. The zero-order valence-corrected chi connectivity index (χ0v) is 7.49. The molecule has 12 nitrogen and oxygen atoms in total. The Balaban J connectivity index is -0.0000000187.